The number of nitrogens with zero attached hydrogens (tertiary/aromatic N) is 2. The van der Waals surface area contributed by atoms with Crippen LogP contribution in [0.25, 0.3) is 10.9 Å². The highest BCUT2D eigenvalue weighted by Gasteiger charge is 2.18. The van der Waals surface area contributed by atoms with E-state index >= 15 is 0 Å². The summed E-state index contributed by atoms with van der Waals surface area (Å²) in [5.74, 6) is -0.351. The molecule has 4 rings (SSSR count). The van der Waals surface area contributed by atoms with Gasteiger partial charge in [-0.3, -0.25) is 9.59 Å². The average molecular weight is 447 g/mol. The Kier molecular flexibility index (Phi) is 5.52. The zero-order valence-corrected chi connectivity index (χ0v) is 18.8. The number of benzene rings is 2. The van der Waals surface area contributed by atoms with Crippen LogP contribution in [0.3, 0.4) is 0 Å². The standard InChI is InChI=1S/C25H22N2O4S/c1-16-11-12-18(13-17(16)2)24(28)21-15-27(22-9-5-4-8-20(22)25(21)29)14-19-7-6-10-23(26-19)32(3,30)31/h4-13,15H,14H2,1-3H3. The Morgan fingerprint density at radius 3 is 2.44 bits per heavy atom. The molecule has 0 aliphatic rings. The average Bonchev–Trinajstić information content (AvgIpc) is 2.77. The summed E-state index contributed by atoms with van der Waals surface area (Å²) in [5.41, 5.74) is 3.36. The summed E-state index contributed by atoms with van der Waals surface area (Å²) in [6, 6.07) is 17.2. The molecule has 0 N–H and O–H groups in total. The number of ketones is 1. The van der Waals surface area contributed by atoms with Crippen molar-refractivity contribution in [2.24, 2.45) is 0 Å². The van der Waals surface area contributed by atoms with Crippen molar-refractivity contribution >= 4 is 26.5 Å². The van der Waals surface area contributed by atoms with Crippen LogP contribution in [-0.4, -0.2) is 30.0 Å². The van der Waals surface area contributed by atoms with E-state index in [1.165, 1.54) is 12.3 Å². The van der Waals surface area contributed by atoms with Gasteiger partial charge in [-0.05, 0) is 55.3 Å². The van der Waals surface area contributed by atoms with E-state index < -0.39 is 9.84 Å². The monoisotopic (exact) mass is 446 g/mol. The molecule has 2 aromatic heterocycles. The lowest BCUT2D eigenvalue weighted by molar-refractivity contribution is 0.103. The lowest BCUT2D eigenvalue weighted by atomic mass is 9.99. The van der Waals surface area contributed by atoms with Crippen molar-refractivity contribution in [2.75, 3.05) is 6.26 Å². The smallest absolute Gasteiger partial charge is 0.200 e. The molecule has 0 bridgehead atoms. The summed E-state index contributed by atoms with van der Waals surface area (Å²) in [7, 11) is -3.46. The minimum absolute atomic E-state index is 0.0215. The van der Waals surface area contributed by atoms with Crippen LogP contribution < -0.4 is 5.43 Å². The summed E-state index contributed by atoms with van der Waals surface area (Å²) in [5, 5.41) is 0.397. The van der Waals surface area contributed by atoms with Gasteiger partial charge in [-0.2, -0.15) is 0 Å². The van der Waals surface area contributed by atoms with Gasteiger partial charge in [0.25, 0.3) is 0 Å². The van der Waals surface area contributed by atoms with E-state index in [4.69, 9.17) is 0 Å². The molecule has 0 radical (unpaired) electrons. The molecule has 2 aromatic carbocycles. The molecule has 0 spiro atoms. The maximum absolute atomic E-state index is 13.3. The summed E-state index contributed by atoms with van der Waals surface area (Å²) in [6.07, 6.45) is 2.64. The van der Waals surface area contributed by atoms with E-state index in [1.54, 1.807) is 47.0 Å². The quantitative estimate of drug-likeness (QED) is 0.437. The molecule has 0 saturated heterocycles. The molecule has 2 heterocycles. The predicted octanol–water partition coefficient (Wildman–Crippen LogP) is 3.70. The number of para-hydroxylation sites is 1. The van der Waals surface area contributed by atoms with Gasteiger partial charge in [-0.1, -0.05) is 30.3 Å². The molecule has 0 aliphatic carbocycles. The van der Waals surface area contributed by atoms with Crippen molar-refractivity contribution in [1.82, 2.24) is 9.55 Å². The third-order valence-corrected chi connectivity index (χ3v) is 6.48. The minimum Gasteiger partial charge on any atom is -0.340 e. The van der Waals surface area contributed by atoms with E-state index in [2.05, 4.69) is 4.98 Å². The number of pyridine rings is 2. The van der Waals surface area contributed by atoms with Crippen LogP contribution >= 0.6 is 0 Å². The molecule has 0 amide bonds. The molecular formula is C25H22N2O4S. The minimum atomic E-state index is -3.46. The number of hydrogen-bond donors (Lipinski definition) is 0. The van der Waals surface area contributed by atoms with Gasteiger partial charge in [0.2, 0.25) is 5.43 Å². The van der Waals surface area contributed by atoms with Crippen LogP contribution in [0.15, 0.2) is 76.7 Å². The third-order valence-electron chi connectivity index (χ3n) is 5.49. The number of rotatable bonds is 5. The number of aryl methyl sites for hydroxylation is 2. The number of sulfone groups is 1. The van der Waals surface area contributed by atoms with Crippen LogP contribution in [0, 0.1) is 13.8 Å². The maximum atomic E-state index is 13.3. The van der Waals surface area contributed by atoms with Gasteiger partial charge < -0.3 is 4.57 Å². The molecular weight excluding hydrogens is 424 g/mol. The molecule has 0 unspecified atom stereocenters. The van der Waals surface area contributed by atoms with Gasteiger partial charge in [0.05, 0.1) is 23.3 Å². The Balaban J connectivity index is 1.87. The molecule has 0 saturated carbocycles. The van der Waals surface area contributed by atoms with Gasteiger partial charge in [-0.25, -0.2) is 13.4 Å². The lowest BCUT2D eigenvalue weighted by Gasteiger charge is -2.14. The highest BCUT2D eigenvalue weighted by atomic mass is 32.2. The Hall–Kier alpha value is -3.58. The van der Waals surface area contributed by atoms with Crippen molar-refractivity contribution in [1.29, 1.82) is 0 Å². The van der Waals surface area contributed by atoms with Crippen LogP contribution in [0.2, 0.25) is 0 Å². The molecule has 0 atom stereocenters. The highest BCUT2D eigenvalue weighted by molar-refractivity contribution is 7.90. The first-order chi connectivity index (χ1) is 15.1. The van der Waals surface area contributed by atoms with Gasteiger partial charge >= 0.3 is 0 Å². The number of fused-ring (bicyclic) bond motifs is 1. The third kappa shape index (κ3) is 4.11. The summed E-state index contributed by atoms with van der Waals surface area (Å²) in [4.78, 5) is 30.7. The largest absolute Gasteiger partial charge is 0.340 e. The molecule has 4 aromatic rings. The van der Waals surface area contributed by atoms with E-state index in [1.807, 2.05) is 26.0 Å². The topological polar surface area (TPSA) is 86.1 Å². The molecule has 0 aliphatic heterocycles. The van der Waals surface area contributed by atoms with E-state index in [0.29, 0.717) is 22.2 Å². The van der Waals surface area contributed by atoms with Crippen molar-refractivity contribution in [2.45, 2.75) is 25.4 Å². The first-order valence-corrected chi connectivity index (χ1v) is 11.9. The first kappa shape index (κ1) is 21.6. The van der Waals surface area contributed by atoms with Crippen LogP contribution in [0.1, 0.15) is 32.7 Å². The van der Waals surface area contributed by atoms with Gasteiger partial charge in [0, 0.05) is 23.4 Å². The Bertz CT molecular complexity index is 1540. The second-order valence-electron chi connectivity index (χ2n) is 7.88. The second kappa shape index (κ2) is 8.16. The molecule has 32 heavy (non-hydrogen) atoms. The number of carbonyl (C=O) groups excluding carboxylic acids is 1. The van der Waals surface area contributed by atoms with Crippen molar-refractivity contribution in [3.05, 3.63) is 105 Å². The molecule has 0 fully saturated rings. The first-order valence-electron chi connectivity index (χ1n) is 10.1. The van der Waals surface area contributed by atoms with E-state index in [-0.39, 0.29) is 28.3 Å². The summed E-state index contributed by atoms with van der Waals surface area (Å²) in [6.45, 7) is 4.09. The van der Waals surface area contributed by atoms with Crippen molar-refractivity contribution in [3.63, 3.8) is 0 Å². The summed E-state index contributed by atoms with van der Waals surface area (Å²) >= 11 is 0. The van der Waals surface area contributed by atoms with Crippen LogP contribution in [0.5, 0.6) is 0 Å². The van der Waals surface area contributed by atoms with Gasteiger partial charge in [-0.15, -0.1) is 0 Å². The van der Waals surface area contributed by atoms with Crippen molar-refractivity contribution < 1.29 is 13.2 Å². The fraction of sp³-hybridized carbons (Fsp3) is 0.160. The lowest BCUT2D eigenvalue weighted by Crippen LogP contribution is -2.20. The van der Waals surface area contributed by atoms with Crippen molar-refractivity contribution in [3.8, 4) is 0 Å². The zero-order valence-electron chi connectivity index (χ0n) is 18.0. The van der Waals surface area contributed by atoms with E-state index in [0.717, 1.165) is 17.4 Å². The Morgan fingerprint density at radius 1 is 0.969 bits per heavy atom. The maximum Gasteiger partial charge on any atom is 0.200 e. The fourth-order valence-electron chi connectivity index (χ4n) is 3.60. The van der Waals surface area contributed by atoms with Gasteiger partial charge in [0.1, 0.15) is 0 Å². The zero-order chi connectivity index (χ0) is 23.0. The van der Waals surface area contributed by atoms with Crippen LogP contribution in [-0.2, 0) is 16.4 Å². The number of hydrogen-bond acceptors (Lipinski definition) is 5. The summed E-state index contributed by atoms with van der Waals surface area (Å²) < 4.78 is 25.5. The fourth-order valence-corrected chi connectivity index (χ4v) is 4.21. The normalized spacial score (nSPS) is 11.6. The number of carbonyl (C=O) groups is 1. The van der Waals surface area contributed by atoms with Crippen LogP contribution in [0.4, 0.5) is 0 Å². The van der Waals surface area contributed by atoms with E-state index in [9.17, 15) is 18.0 Å². The number of aromatic nitrogens is 2. The molecule has 6 nitrogen and oxygen atoms in total. The Labute approximate surface area is 186 Å². The predicted molar refractivity (Wildman–Crippen MR) is 124 cm³/mol. The molecule has 7 heteroatoms. The second-order valence-corrected chi connectivity index (χ2v) is 9.85. The SMILES string of the molecule is Cc1ccc(C(=O)c2cn(Cc3cccc(S(C)(=O)=O)n3)c3ccccc3c2=O)cc1C. The molecule has 162 valence electrons. The highest BCUT2D eigenvalue weighted by Crippen LogP contribution is 2.18. The Morgan fingerprint density at radius 2 is 1.72 bits per heavy atom. The van der Waals surface area contributed by atoms with Gasteiger partial charge in [0.15, 0.2) is 20.6 Å².